The molecule has 1 aromatic carbocycles. The van der Waals surface area contributed by atoms with Gasteiger partial charge in [0.2, 0.25) is 0 Å². The Morgan fingerprint density at radius 2 is 2.06 bits per heavy atom. The highest BCUT2D eigenvalue weighted by Crippen LogP contribution is 2.24. The van der Waals surface area contributed by atoms with E-state index in [1.807, 2.05) is 13.8 Å². The molecule has 0 amide bonds. The Labute approximate surface area is 105 Å². The smallest absolute Gasteiger partial charge is 0.140 e. The van der Waals surface area contributed by atoms with Crippen LogP contribution in [0.2, 0.25) is 5.02 Å². The van der Waals surface area contributed by atoms with Gasteiger partial charge in [0, 0.05) is 6.07 Å². The zero-order chi connectivity index (χ0) is 12.8. The Balaban J connectivity index is 2.41. The van der Waals surface area contributed by atoms with Crippen LogP contribution in [0.5, 0.6) is 5.75 Å². The van der Waals surface area contributed by atoms with Crippen molar-refractivity contribution in [3.05, 3.63) is 29.0 Å². The Bertz CT molecular complexity index is 358. The minimum absolute atomic E-state index is 0.00981. The quantitative estimate of drug-likeness (QED) is 0.857. The number of hydrogen-bond donors (Lipinski definition) is 1. The Morgan fingerprint density at radius 1 is 1.35 bits per heavy atom. The van der Waals surface area contributed by atoms with E-state index in [4.69, 9.17) is 21.1 Å². The molecule has 1 N–H and O–H groups in total. The number of benzene rings is 1. The zero-order valence-electron chi connectivity index (χ0n) is 9.82. The average Bonchev–Trinajstić information content (AvgIpc) is 2.27. The van der Waals surface area contributed by atoms with Gasteiger partial charge in [0.25, 0.3) is 0 Å². The molecule has 0 radical (unpaired) electrons. The minimum atomic E-state index is -0.767. The van der Waals surface area contributed by atoms with Crippen LogP contribution in [-0.2, 0) is 4.74 Å². The summed E-state index contributed by atoms with van der Waals surface area (Å²) in [7, 11) is 0. The summed E-state index contributed by atoms with van der Waals surface area (Å²) in [5, 5.41) is 9.84. The maximum Gasteiger partial charge on any atom is 0.140 e. The molecule has 17 heavy (non-hydrogen) atoms. The van der Waals surface area contributed by atoms with Crippen molar-refractivity contribution < 1.29 is 19.0 Å². The van der Waals surface area contributed by atoms with E-state index in [-0.39, 0.29) is 25.1 Å². The van der Waals surface area contributed by atoms with Crippen LogP contribution in [0.3, 0.4) is 0 Å². The second-order valence-electron chi connectivity index (χ2n) is 3.92. The lowest BCUT2D eigenvalue weighted by molar-refractivity contribution is -0.0123. The molecular formula is C12H16ClFO3. The first-order valence-corrected chi connectivity index (χ1v) is 5.74. The molecule has 0 fully saturated rings. The summed E-state index contributed by atoms with van der Waals surface area (Å²) in [6, 6.07) is 3.83. The topological polar surface area (TPSA) is 38.7 Å². The molecule has 1 rings (SSSR count). The summed E-state index contributed by atoms with van der Waals surface area (Å²) >= 11 is 5.80. The highest BCUT2D eigenvalue weighted by atomic mass is 35.5. The third kappa shape index (κ3) is 5.35. The highest BCUT2D eigenvalue weighted by molar-refractivity contribution is 6.32. The van der Waals surface area contributed by atoms with Crippen molar-refractivity contribution in [1.29, 1.82) is 0 Å². The Kier molecular flexibility index (Phi) is 5.68. The van der Waals surface area contributed by atoms with E-state index in [1.165, 1.54) is 18.2 Å². The van der Waals surface area contributed by atoms with Crippen LogP contribution >= 0.6 is 11.6 Å². The molecule has 0 aliphatic carbocycles. The van der Waals surface area contributed by atoms with E-state index < -0.39 is 11.9 Å². The van der Waals surface area contributed by atoms with Gasteiger partial charge in [-0.25, -0.2) is 4.39 Å². The SMILES string of the molecule is CC(C)OCC(O)COc1cc(F)ccc1Cl. The van der Waals surface area contributed by atoms with Gasteiger partial charge < -0.3 is 14.6 Å². The summed E-state index contributed by atoms with van der Waals surface area (Å²) in [5.74, 6) is -0.215. The molecule has 0 aliphatic rings. The van der Waals surface area contributed by atoms with Crippen molar-refractivity contribution in [3.63, 3.8) is 0 Å². The first-order valence-electron chi connectivity index (χ1n) is 5.36. The molecule has 1 atom stereocenters. The van der Waals surface area contributed by atoms with Gasteiger partial charge in [-0.2, -0.15) is 0 Å². The standard InChI is InChI=1S/C12H16ClFO3/c1-8(2)16-6-10(15)7-17-12-5-9(14)3-4-11(12)13/h3-5,8,10,15H,6-7H2,1-2H3. The van der Waals surface area contributed by atoms with Gasteiger partial charge >= 0.3 is 0 Å². The number of aliphatic hydroxyl groups is 1. The normalized spacial score (nSPS) is 12.8. The van der Waals surface area contributed by atoms with Crippen LogP contribution in [0.1, 0.15) is 13.8 Å². The predicted octanol–water partition coefficient (Wildman–Crippen LogP) is 2.64. The summed E-state index contributed by atoms with van der Waals surface area (Å²) in [6.07, 6.45) is -0.723. The number of hydrogen-bond acceptors (Lipinski definition) is 3. The summed E-state index contributed by atoms with van der Waals surface area (Å²) in [6.45, 7) is 3.93. The molecule has 0 saturated carbocycles. The molecule has 0 heterocycles. The third-order valence-electron chi connectivity index (χ3n) is 1.95. The lowest BCUT2D eigenvalue weighted by Gasteiger charge is -2.15. The van der Waals surface area contributed by atoms with Crippen molar-refractivity contribution in [3.8, 4) is 5.75 Å². The van der Waals surface area contributed by atoms with Crippen molar-refractivity contribution >= 4 is 11.6 Å². The van der Waals surface area contributed by atoms with Crippen LogP contribution in [0, 0.1) is 5.82 Å². The summed E-state index contributed by atoms with van der Waals surface area (Å²) in [4.78, 5) is 0. The van der Waals surface area contributed by atoms with Gasteiger partial charge in [-0.1, -0.05) is 11.6 Å². The maximum absolute atomic E-state index is 12.9. The van der Waals surface area contributed by atoms with Crippen molar-refractivity contribution in [2.75, 3.05) is 13.2 Å². The van der Waals surface area contributed by atoms with E-state index in [0.29, 0.717) is 5.02 Å². The van der Waals surface area contributed by atoms with Gasteiger partial charge in [0.1, 0.15) is 24.3 Å². The number of ether oxygens (including phenoxy) is 2. The van der Waals surface area contributed by atoms with Gasteiger partial charge in [-0.3, -0.25) is 0 Å². The van der Waals surface area contributed by atoms with E-state index in [2.05, 4.69) is 0 Å². The van der Waals surface area contributed by atoms with Crippen LogP contribution in [-0.4, -0.2) is 30.5 Å². The first kappa shape index (κ1) is 14.2. The molecule has 0 aromatic heterocycles. The van der Waals surface area contributed by atoms with Crippen LogP contribution in [0.25, 0.3) is 0 Å². The summed E-state index contributed by atoms with van der Waals surface area (Å²) in [5.41, 5.74) is 0. The second-order valence-corrected chi connectivity index (χ2v) is 4.33. The van der Waals surface area contributed by atoms with Crippen molar-refractivity contribution in [2.45, 2.75) is 26.1 Å². The molecule has 1 aromatic rings. The highest BCUT2D eigenvalue weighted by Gasteiger charge is 2.09. The molecule has 96 valence electrons. The largest absolute Gasteiger partial charge is 0.489 e. The Hall–Kier alpha value is -0.840. The van der Waals surface area contributed by atoms with Crippen LogP contribution in [0.4, 0.5) is 4.39 Å². The molecule has 5 heteroatoms. The molecule has 3 nitrogen and oxygen atoms in total. The maximum atomic E-state index is 12.9. The number of halogens is 2. The summed E-state index contributed by atoms with van der Waals surface area (Å²) < 4.78 is 23.3. The molecule has 1 unspecified atom stereocenters. The van der Waals surface area contributed by atoms with E-state index in [0.717, 1.165) is 0 Å². The van der Waals surface area contributed by atoms with Gasteiger partial charge in [0.15, 0.2) is 0 Å². The predicted molar refractivity (Wildman–Crippen MR) is 64.0 cm³/mol. The molecule has 0 spiro atoms. The molecule has 0 bridgehead atoms. The number of aliphatic hydroxyl groups excluding tert-OH is 1. The van der Waals surface area contributed by atoms with Gasteiger partial charge in [-0.15, -0.1) is 0 Å². The lowest BCUT2D eigenvalue weighted by atomic mass is 10.3. The first-order chi connectivity index (χ1) is 7.99. The lowest BCUT2D eigenvalue weighted by Crippen LogP contribution is -2.25. The fourth-order valence-electron chi connectivity index (χ4n) is 1.13. The van der Waals surface area contributed by atoms with E-state index in [1.54, 1.807) is 0 Å². The molecule has 0 aliphatic heterocycles. The van der Waals surface area contributed by atoms with Gasteiger partial charge in [-0.05, 0) is 26.0 Å². The fraction of sp³-hybridized carbons (Fsp3) is 0.500. The van der Waals surface area contributed by atoms with Crippen LogP contribution < -0.4 is 4.74 Å². The minimum Gasteiger partial charge on any atom is -0.489 e. The van der Waals surface area contributed by atoms with Crippen molar-refractivity contribution in [1.82, 2.24) is 0 Å². The Morgan fingerprint density at radius 3 is 2.71 bits per heavy atom. The average molecular weight is 263 g/mol. The molecule has 0 saturated heterocycles. The fourth-order valence-corrected chi connectivity index (χ4v) is 1.30. The zero-order valence-corrected chi connectivity index (χ0v) is 10.6. The van der Waals surface area contributed by atoms with Crippen molar-refractivity contribution in [2.24, 2.45) is 0 Å². The second kappa shape index (κ2) is 6.79. The van der Waals surface area contributed by atoms with E-state index >= 15 is 0 Å². The monoisotopic (exact) mass is 262 g/mol. The van der Waals surface area contributed by atoms with Crippen LogP contribution in [0.15, 0.2) is 18.2 Å². The molecular weight excluding hydrogens is 247 g/mol. The third-order valence-corrected chi connectivity index (χ3v) is 2.26. The number of rotatable bonds is 6. The van der Waals surface area contributed by atoms with E-state index in [9.17, 15) is 9.50 Å². The van der Waals surface area contributed by atoms with Gasteiger partial charge in [0.05, 0.1) is 17.7 Å².